The van der Waals surface area contributed by atoms with Crippen LogP contribution >= 0.6 is 0 Å². The Balaban J connectivity index is 1.35. The van der Waals surface area contributed by atoms with Gasteiger partial charge in [-0.25, -0.2) is 4.39 Å². The molecule has 1 heteroatoms. The van der Waals surface area contributed by atoms with Crippen molar-refractivity contribution in [1.82, 2.24) is 0 Å². The summed E-state index contributed by atoms with van der Waals surface area (Å²) in [4.78, 5) is 0. The molecule has 1 saturated carbocycles. The van der Waals surface area contributed by atoms with E-state index in [2.05, 4.69) is 37.3 Å². The first-order chi connectivity index (χ1) is 13.7. The van der Waals surface area contributed by atoms with Crippen molar-refractivity contribution in [3.05, 3.63) is 66.0 Å². The monoisotopic (exact) mass is 376 g/mol. The van der Waals surface area contributed by atoms with Gasteiger partial charge in [-0.3, -0.25) is 0 Å². The Morgan fingerprint density at radius 3 is 1.93 bits per heavy atom. The maximum Gasteiger partial charge on any atom is 0.123 e. The van der Waals surface area contributed by atoms with E-state index in [4.69, 9.17) is 0 Å². The first kappa shape index (κ1) is 19.4. The van der Waals surface area contributed by atoms with Crippen molar-refractivity contribution in [2.24, 2.45) is 17.8 Å². The van der Waals surface area contributed by atoms with E-state index in [9.17, 15) is 4.39 Å². The van der Waals surface area contributed by atoms with E-state index < -0.39 is 0 Å². The van der Waals surface area contributed by atoms with Gasteiger partial charge in [0.2, 0.25) is 0 Å². The fourth-order valence-corrected chi connectivity index (χ4v) is 5.42. The van der Waals surface area contributed by atoms with E-state index in [0.29, 0.717) is 0 Å². The lowest BCUT2D eigenvalue weighted by Crippen LogP contribution is -2.23. The van der Waals surface area contributed by atoms with Gasteiger partial charge in [0.1, 0.15) is 5.82 Å². The van der Waals surface area contributed by atoms with Crippen molar-refractivity contribution >= 4 is 5.57 Å². The number of hydrogen-bond acceptors (Lipinski definition) is 0. The van der Waals surface area contributed by atoms with Crippen LogP contribution in [0.5, 0.6) is 0 Å². The Labute approximate surface area is 169 Å². The fourth-order valence-electron chi connectivity index (χ4n) is 5.42. The third kappa shape index (κ3) is 4.57. The lowest BCUT2D eigenvalue weighted by molar-refractivity contribution is 0.189. The van der Waals surface area contributed by atoms with Crippen LogP contribution in [0.2, 0.25) is 0 Å². The van der Waals surface area contributed by atoms with E-state index >= 15 is 0 Å². The predicted molar refractivity (Wildman–Crippen MR) is 118 cm³/mol. The van der Waals surface area contributed by atoms with Crippen LogP contribution in [-0.4, -0.2) is 0 Å². The second-order valence-electron chi connectivity index (χ2n) is 8.92. The number of halogens is 1. The molecule has 0 nitrogen and oxygen atoms in total. The van der Waals surface area contributed by atoms with Gasteiger partial charge in [0, 0.05) is 0 Å². The molecule has 0 saturated heterocycles. The quantitative estimate of drug-likeness (QED) is 0.492. The summed E-state index contributed by atoms with van der Waals surface area (Å²) < 4.78 is 13.1. The van der Waals surface area contributed by atoms with Crippen LogP contribution in [0.3, 0.4) is 0 Å². The minimum Gasteiger partial charge on any atom is -0.207 e. The van der Waals surface area contributed by atoms with Gasteiger partial charge >= 0.3 is 0 Å². The molecule has 1 unspecified atom stereocenters. The summed E-state index contributed by atoms with van der Waals surface area (Å²) in [5.74, 6) is 2.70. The molecule has 1 atom stereocenters. The number of benzene rings is 2. The lowest BCUT2D eigenvalue weighted by atomic mass is 9.70. The minimum atomic E-state index is -0.180. The molecule has 1 fully saturated rings. The van der Waals surface area contributed by atoms with Gasteiger partial charge in [-0.2, -0.15) is 0 Å². The summed E-state index contributed by atoms with van der Waals surface area (Å²) >= 11 is 0. The van der Waals surface area contributed by atoms with Gasteiger partial charge in [0.15, 0.2) is 0 Å². The Bertz CT molecular complexity index is 776. The van der Waals surface area contributed by atoms with E-state index in [0.717, 1.165) is 28.9 Å². The molecular formula is C27H33F. The molecule has 2 aliphatic rings. The first-order valence-corrected chi connectivity index (χ1v) is 11.3. The molecule has 0 heterocycles. The molecule has 0 aromatic heterocycles. The largest absolute Gasteiger partial charge is 0.207 e. The molecule has 0 amide bonds. The van der Waals surface area contributed by atoms with E-state index in [1.807, 2.05) is 12.1 Å². The van der Waals surface area contributed by atoms with Crippen LogP contribution in [0.15, 0.2) is 54.6 Å². The second-order valence-corrected chi connectivity index (χ2v) is 8.92. The molecule has 2 aromatic carbocycles. The van der Waals surface area contributed by atoms with Gasteiger partial charge in [0.25, 0.3) is 0 Å². The van der Waals surface area contributed by atoms with Gasteiger partial charge < -0.3 is 0 Å². The minimum absolute atomic E-state index is 0.180. The lowest BCUT2D eigenvalue weighted by Gasteiger charge is -2.35. The predicted octanol–water partition coefficient (Wildman–Crippen LogP) is 8.28. The molecule has 0 aliphatic heterocycles. The van der Waals surface area contributed by atoms with Crippen molar-refractivity contribution < 1.29 is 4.39 Å². The zero-order chi connectivity index (χ0) is 19.3. The SMILES string of the molecule is CCC[C@H]1CC[C@H](C2CC=C(c3ccc(-c4ccc(F)cc4)cc3)CC2)CC1. The van der Waals surface area contributed by atoms with Crippen LogP contribution < -0.4 is 0 Å². The average molecular weight is 377 g/mol. The summed E-state index contributed by atoms with van der Waals surface area (Å²) in [6.07, 6.45) is 15.0. The van der Waals surface area contributed by atoms with Crippen molar-refractivity contribution in [2.75, 3.05) is 0 Å². The summed E-state index contributed by atoms with van der Waals surface area (Å²) in [6, 6.07) is 15.6. The third-order valence-electron chi connectivity index (χ3n) is 7.14. The van der Waals surface area contributed by atoms with Gasteiger partial charge in [0.05, 0.1) is 0 Å². The Morgan fingerprint density at radius 2 is 1.36 bits per heavy atom. The highest BCUT2D eigenvalue weighted by molar-refractivity contribution is 5.70. The van der Waals surface area contributed by atoms with Crippen LogP contribution in [0.1, 0.15) is 70.3 Å². The molecule has 4 rings (SSSR count). The zero-order valence-corrected chi connectivity index (χ0v) is 17.2. The maximum absolute atomic E-state index is 13.1. The summed E-state index contributed by atoms with van der Waals surface area (Å²) in [7, 11) is 0. The Morgan fingerprint density at radius 1 is 0.750 bits per heavy atom. The van der Waals surface area contributed by atoms with Crippen LogP contribution in [-0.2, 0) is 0 Å². The van der Waals surface area contributed by atoms with Gasteiger partial charge in [-0.05, 0) is 84.3 Å². The molecule has 2 aromatic rings. The van der Waals surface area contributed by atoms with Crippen molar-refractivity contribution in [2.45, 2.75) is 64.7 Å². The standard InChI is InChI=1S/C27H33F/c1-2-3-20-4-6-21(7-5-20)22-8-10-23(11-9-22)24-12-14-25(15-13-24)26-16-18-27(28)19-17-26/h10,12-22H,2-9,11H2,1H3/t20-,21-,22?. The highest BCUT2D eigenvalue weighted by Gasteiger charge is 2.28. The topological polar surface area (TPSA) is 0 Å². The van der Waals surface area contributed by atoms with E-state index in [1.165, 1.54) is 81.1 Å². The fraction of sp³-hybridized carbons (Fsp3) is 0.481. The number of allylic oxidation sites excluding steroid dienone is 2. The van der Waals surface area contributed by atoms with Crippen molar-refractivity contribution in [3.8, 4) is 11.1 Å². The van der Waals surface area contributed by atoms with E-state index in [-0.39, 0.29) is 5.82 Å². The summed E-state index contributed by atoms with van der Waals surface area (Å²) in [5.41, 5.74) is 5.10. The van der Waals surface area contributed by atoms with E-state index in [1.54, 1.807) is 0 Å². The van der Waals surface area contributed by atoms with Gasteiger partial charge in [-0.15, -0.1) is 0 Å². The zero-order valence-electron chi connectivity index (χ0n) is 17.2. The maximum atomic E-state index is 13.1. The molecule has 0 radical (unpaired) electrons. The molecule has 2 aliphatic carbocycles. The molecule has 0 bridgehead atoms. The van der Waals surface area contributed by atoms with Crippen molar-refractivity contribution in [3.63, 3.8) is 0 Å². The molecule has 0 N–H and O–H groups in total. The molecule has 0 spiro atoms. The summed E-state index contributed by atoms with van der Waals surface area (Å²) in [5, 5.41) is 0. The normalized spacial score (nSPS) is 25.4. The average Bonchev–Trinajstić information content (AvgIpc) is 2.75. The highest BCUT2D eigenvalue weighted by Crippen LogP contribution is 2.42. The first-order valence-electron chi connectivity index (χ1n) is 11.3. The number of rotatable bonds is 5. The highest BCUT2D eigenvalue weighted by atomic mass is 19.1. The molecule has 28 heavy (non-hydrogen) atoms. The van der Waals surface area contributed by atoms with Gasteiger partial charge in [-0.1, -0.05) is 75.1 Å². The van der Waals surface area contributed by atoms with Crippen LogP contribution in [0.4, 0.5) is 4.39 Å². The smallest absolute Gasteiger partial charge is 0.123 e. The van der Waals surface area contributed by atoms with Crippen molar-refractivity contribution in [1.29, 1.82) is 0 Å². The Kier molecular flexibility index (Phi) is 6.29. The molecular weight excluding hydrogens is 343 g/mol. The Hall–Kier alpha value is -1.89. The molecule has 148 valence electrons. The second kappa shape index (κ2) is 9.07. The third-order valence-corrected chi connectivity index (χ3v) is 7.14. The van der Waals surface area contributed by atoms with Crippen LogP contribution in [0, 0.1) is 23.6 Å². The number of hydrogen-bond donors (Lipinski definition) is 0. The van der Waals surface area contributed by atoms with Crippen LogP contribution in [0.25, 0.3) is 16.7 Å². The summed E-state index contributed by atoms with van der Waals surface area (Å²) in [6.45, 7) is 2.33.